The highest BCUT2D eigenvalue weighted by molar-refractivity contribution is 14.1. The Kier molecular flexibility index (Phi) is 6.27. The highest BCUT2D eigenvalue weighted by Gasteiger charge is 2.10. The summed E-state index contributed by atoms with van der Waals surface area (Å²) in [6.45, 7) is 0. The molecule has 0 atom stereocenters. The molecule has 0 aliphatic rings. The number of hydrazone groups is 1. The molecule has 2 aromatic rings. The Morgan fingerprint density at radius 3 is 2.42 bits per heavy atom. The number of carbonyl (C=O) groups excluding carboxylic acids is 1. The van der Waals surface area contributed by atoms with Crippen LogP contribution < -0.4 is 14.9 Å². The van der Waals surface area contributed by atoms with Gasteiger partial charge in [0.1, 0.15) is 17.2 Å². The minimum Gasteiger partial charge on any atom is -0.506 e. The molecule has 2 N–H and O–H groups in total. The first-order chi connectivity index (χ1) is 11.4. The average Bonchev–Trinajstić information content (AvgIpc) is 2.58. The highest BCUT2D eigenvalue weighted by Crippen LogP contribution is 2.27. The van der Waals surface area contributed by atoms with Crippen LogP contribution in [0.4, 0.5) is 0 Å². The number of halogens is 2. The molecule has 24 heavy (non-hydrogen) atoms. The Hall–Kier alpha value is -2.00. The van der Waals surface area contributed by atoms with Crippen LogP contribution in [-0.4, -0.2) is 31.4 Å². The number of hydrogen-bond acceptors (Lipinski definition) is 5. The number of aromatic hydroxyl groups is 1. The quantitative estimate of drug-likeness (QED) is 0.407. The summed E-state index contributed by atoms with van der Waals surface area (Å²) < 4.78 is 10.8. The predicted molar refractivity (Wildman–Crippen MR) is 100 cm³/mol. The Morgan fingerprint density at radius 1 is 1.21 bits per heavy atom. The van der Waals surface area contributed by atoms with E-state index in [0.29, 0.717) is 31.2 Å². The van der Waals surface area contributed by atoms with Crippen LogP contribution in [0.15, 0.2) is 35.4 Å². The van der Waals surface area contributed by atoms with Crippen molar-refractivity contribution in [3.63, 3.8) is 0 Å². The molecule has 0 saturated carbocycles. The van der Waals surface area contributed by atoms with Crippen molar-refractivity contribution in [3.8, 4) is 17.2 Å². The minimum atomic E-state index is -0.445. The summed E-state index contributed by atoms with van der Waals surface area (Å²) >= 11 is 7.89. The van der Waals surface area contributed by atoms with Crippen molar-refractivity contribution in [2.75, 3.05) is 14.2 Å². The Labute approximate surface area is 157 Å². The molecule has 0 saturated heterocycles. The molecule has 0 unspecified atom stereocenters. The Balaban J connectivity index is 2.16. The number of rotatable bonds is 5. The lowest BCUT2D eigenvalue weighted by molar-refractivity contribution is 0.0954. The van der Waals surface area contributed by atoms with Crippen molar-refractivity contribution in [3.05, 3.63) is 50.1 Å². The molecule has 0 aliphatic carbocycles. The number of phenolic OH excluding ortho intramolecular Hbond substituents is 1. The van der Waals surface area contributed by atoms with Gasteiger partial charge in [0, 0.05) is 22.2 Å². The van der Waals surface area contributed by atoms with Crippen molar-refractivity contribution < 1.29 is 19.4 Å². The van der Waals surface area contributed by atoms with Crippen LogP contribution in [0.25, 0.3) is 0 Å². The van der Waals surface area contributed by atoms with Gasteiger partial charge in [-0.05, 0) is 46.9 Å². The van der Waals surface area contributed by atoms with Crippen molar-refractivity contribution in [2.45, 2.75) is 0 Å². The number of nitrogens with one attached hydrogen (secondary N) is 1. The smallest absolute Gasteiger partial charge is 0.271 e. The topological polar surface area (TPSA) is 80.2 Å². The molecule has 1 amide bonds. The van der Waals surface area contributed by atoms with Gasteiger partial charge in [-0.3, -0.25) is 4.79 Å². The van der Waals surface area contributed by atoms with E-state index in [4.69, 9.17) is 21.1 Å². The lowest BCUT2D eigenvalue weighted by atomic mass is 10.2. The zero-order valence-electron chi connectivity index (χ0n) is 12.8. The molecule has 0 aromatic heterocycles. The zero-order valence-corrected chi connectivity index (χ0v) is 15.8. The molecular formula is C16H14ClIN2O4. The molecule has 0 fully saturated rings. The number of benzene rings is 2. The normalized spacial score (nSPS) is 10.7. The number of ether oxygens (including phenoxy) is 2. The summed E-state index contributed by atoms with van der Waals surface area (Å²) in [6.07, 6.45) is 1.32. The van der Waals surface area contributed by atoms with Gasteiger partial charge in [-0.15, -0.1) is 0 Å². The number of carbonyl (C=O) groups is 1. The highest BCUT2D eigenvalue weighted by atomic mass is 127. The van der Waals surface area contributed by atoms with E-state index >= 15 is 0 Å². The fourth-order valence-electron chi connectivity index (χ4n) is 1.85. The van der Waals surface area contributed by atoms with Gasteiger partial charge in [0.05, 0.1) is 24.0 Å². The Bertz CT molecular complexity index is 774. The van der Waals surface area contributed by atoms with Crippen molar-refractivity contribution >= 4 is 46.3 Å². The second-order valence-electron chi connectivity index (χ2n) is 4.63. The maximum Gasteiger partial charge on any atom is 0.271 e. The minimum absolute atomic E-state index is 0.0426. The third-order valence-corrected chi connectivity index (χ3v) is 4.08. The van der Waals surface area contributed by atoms with E-state index in [1.807, 2.05) is 22.6 Å². The monoisotopic (exact) mass is 460 g/mol. The summed E-state index contributed by atoms with van der Waals surface area (Å²) in [7, 11) is 3.00. The lowest BCUT2D eigenvalue weighted by Gasteiger charge is -2.07. The van der Waals surface area contributed by atoms with Crippen molar-refractivity contribution in [1.82, 2.24) is 5.43 Å². The van der Waals surface area contributed by atoms with E-state index in [1.165, 1.54) is 20.4 Å². The first-order valence-electron chi connectivity index (χ1n) is 6.69. The molecule has 126 valence electrons. The molecule has 2 rings (SSSR count). The van der Waals surface area contributed by atoms with E-state index in [2.05, 4.69) is 10.5 Å². The molecule has 2 aromatic carbocycles. The molecule has 0 aliphatic heterocycles. The third-order valence-electron chi connectivity index (χ3n) is 3.04. The fraction of sp³-hybridized carbons (Fsp3) is 0.125. The van der Waals surface area contributed by atoms with E-state index in [1.54, 1.807) is 30.3 Å². The van der Waals surface area contributed by atoms with Gasteiger partial charge >= 0.3 is 0 Å². The van der Waals surface area contributed by atoms with Gasteiger partial charge in [0.2, 0.25) is 0 Å². The summed E-state index contributed by atoms with van der Waals surface area (Å²) in [4.78, 5) is 12.2. The molecule has 6 nitrogen and oxygen atoms in total. The van der Waals surface area contributed by atoms with Crippen LogP contribution >= 0.6 is 34.2 Å². The number of methoxy groups -OCH3 is 2. The van der Waals surface area contributed by atoms with Crippen molar-refractivity contribution in [1.29, 1.82) is 0 Å². The Morgan fingerprint density at radius 2 is 1.83 bits per heavy atom. The van der Waals surface area contributed by atoms with Gasteiger partial charge in [0.25, 0.3) is 5.91 Å². The van der Waals surface area contributed by atoms with Gasteiger partial charge < -0.3 is 14.6 Å². The second-order valence-corrected chi connectivity index (χ2v) is 6.22. The van der Waals surface area contributed by atoms with Gasteiger partial charge in [0.15, 0.2) is 0 Å². The van der Waals surface area contributed by atoms with E-state index in [-0.39, 0.29) is 5.75 Å². The van der Waals surface area contributed by atoms with E-state index in [0.717, 1.165) is 0 Å². The number of hydrogen-bond donors (Lipinski definition) is 2. The SMILES string of the molecule is COc1cc(OC)cc(C(=O)N/N=C/c2cc(Cl)cc(I)c2O)c1. The largest absolute Gasteiger partial charge is 0.506 e. The molecular weight excluding hydrogens is 447 g/mol. The first-order valence-corrected chi connectivity index (χ1v) is 8.14. The summed E-state index contributed by atoms with van der Waals surface area (Å²) in [5.41, 5.74) is 3.10. The molecule has 0 radical (unpaired) electrons. The van der Waals surface area contributed by atoms with Crippen LogP contribution in [0, 0.1) is 3.57 Å². The van der Waals surface area contributed by atoms with Gasteiger partial charge in [-0.1, -0.05) is 11.6 Å². The predicted octanol–water partition coefficient (Wildman–Crippen LogP) is 3.43. The number of nitrogens with zero attached hydrogens (tertiary/aromatic N) is 1. The van der Waals surface area contributed by atoms with Gasteiger partial charge in [-0.2, -0.15) is 5.10 Å². The fourth-order valence-corrected chi connectivity index (χ4v) is 2.91. The van der Waals surface area contributed by atoms with Crippen molar-refractivity contribution in [2.24, 2.45) is 5.10 Å². The first kappa shape index (κ1) is 18.3. The maximum atomic E-state index is 12.2. The lowest BCUT2D eigenvalue weighted by Crippen LogP contribution is -2.17. The molecule has 0 heterocycles. The zero-order chi connectivity index (χ0) is 17.7. The summed E-state index contributed by atoms with van der Waals surface area (Å²) in [5.74, 6) is 0.580. The van der Waals surface area contributed by atoms with Crippen LogP contribution in [-0.2, 0) is 0 Å². The third kappa shape index (κ3) is 4.51. The molecule has 0 spiro atoms. The average molecular weight is 461 g/mol. The van der Waals surface area contributed by atoms with Crippen LogP contribution in [0.3, 0.4) is 0 Å². The van der Waals surface area contributed by atoms with Crippen LogP contribution in [0.2, 0.25) is 5.02 Å². The molecule has 0 bridgehead atoms. The number of phenols is 1. The van der Waals surface area contributed by atoms with Crippen LogP contribution in [0.5, 0.6) is 17.2 Å². The summed E-state index contributed by atoms with van der Waals surface area (Å²) in [6, 6.07) is 7.95. The maximum absolute atomic E-state index is 12.2. The van der Waals surface area contributed by atoms with E-state index < -0.39 is 5.91 Å². The molecule has 8 heteroatoms. The van der Waals surface area contributed by atoms with E-state index in [9.17, 15) is 9.90 Å². The van der Waals surface area contributed by atoms with Gasteiger partial charge in [-0.25, -0.2) is 5.43 Å². The number of amides is 1. The standard InChI is InChI=1S/C16H14ClIN2O4/c1-23-12-4-9(5-13(7-12)24-2)16(22)20-19-8-10-3-11(17)6-14(18)15(10)21/h3-8,21H,1-2H3,(H,20,22)/b19-8+. The summed E-state index contributed by atoms with van der Waals surface area (Å²) in [5, 5.41) is 14.2. The van der Waals surface area contributed by atoms with Crippen LogP contribution in [0.1, 0.15) is 15.9 Å². The second kappa shape index (κ2) is 8.20.